The van der Waals surface area contributed by atoms with E-state index in [-0.39, 0.29) is 12.2 Å². The van der Waals surface area contributed by atoms with Crippen molar-refractivity contribution in [3.05, 3.63) is 80.1 Å². The number of aromatic nitrogens is 2. The van der Waals surface area contributed by atoms with E-state index in [1.807, 2.05) is 35.7 Å². The molecule has 1 N–H and O–H groups in total. The van der Waals surface area contributed by atoms with Crippen LogP contribution < -0.4 is 10.3 Å². The van der Waals surface area contributed by atoms with E-state index < -0.39 is 0 Å². The summed E-state index contributed by atoms with van der Waals surface area (Å²) in [6.07, 6.45) is 0. The van der Waals surface area contributed by atoms with Gasteiger partial charge in [0.25, 0.3) is 5.56 Å². The second-order valence-corrected chi connectivity index (χ2v) is 7.25. The maximum absolute atomic E-state index is 12.6. The molecule has 0 unspecified atom stereocenters. The Morgan fingerprint density at radius 3 is 2.65 bits per heavy atom. The molecule has 2 heterocycles. The number of halogens is 2. The lowest BCUT2D eigenvalue weighted by molar-refractivity contribution is 0.296. The van der Waals surface area contributed by atoms with Gasteiger partial charge in [-0.3, -0.25) is 4.79 Å². The number of hydrogen-bond donors (Lipinski definition) is 1. The lowest BCUT2D eigenvalue weighted by Gasteiger charge is -2.07. The van der Waals surface area contributed by atoms with Gasteiger partial charge in [-0.1, -0.05) is 53.5 Å². The Labute approximate surface area is 163 Å². The summed E-state index contributed by atoms with van der Waals surface area (Å²) < 4.78 is 5.65. The highest BCUT2D eigenvalue weighted by Gasteiger charge is 2.13. The highest BCUT2D eigenvalue weighted by atomic mass is 35.5. The van der Waals surface area contributed by atoms with Crippen LogP contribution in [0.5, 0.6) is 5.75 Å². The second-order valence-electron chi connectivity index (χ2n) is 5.57. The minimum absolute atomic E-state index is 0.127. The smallest absolute Gasteiger partial charge is 0.260 e. The molecule has 4 rings (SSSR count). The van der Waals surface area contributed by atoms with Crippen molar-refractivity contribution in [1.82, 2.24) is 9.97 Å². The molecule has 0 bridgehead atoms. The number of rotatable bonds is 4. The predicted octanol–water partition coefficient (Wildman–Crippen LogP) is 5.54. The van der Waals surface area contributed by atoms with E-state index >= 15 is 0 Å². The van der Waals surface area contributed by atoms with Crippen LogP contribution in [-0.2, 0) is 6.61 Å². The van der Waals surface area contributed by atoms with E-state index in [0.717, 1.165) is 11.1 Å². The fraction of sp³-hybridized carbons (Fsp3) is 0.0526. The van der Waals surface area contributed by atoms with Crippen LogP contribution in [-0.4, -0.2) is 9.97 Å². The Morgan fingerprint density at radius 2 is 1.88 bits per heavy atom. The fourth-order valence-electron chi connectivity index (χ4n) is 2.61. The average molecular weight is 403 g/mol. The maximum atomic E-state index is 12.6. The van der Waals surface area contributed by atoms with Crippen molar-refractivity contribution in [3.63, 3.8) is 0 Å². The molecule has 2 aromatic heterocycles. The zero-order chi connectivity index (χ0) is 18.1. The first-order chi connectivity index (χ1) is 12.6. The number of ether oxygens (including phenoxy) is 1. The second kappa shape index (κ2) is 7.11. The Bertz CT molecular complexity index is 1140. The number of fused-ring (bicyclic) bond motifs is 1. The van der Waals surface area contributed by atoms with Crippen molar-refractivity contribution < 1.29 is 4.74 Å². The van der Waals surface area contributed by atoms with Gasteiger partial charge < -0.3 is 9.72 Å². The molecule has 4 aromatic rings. The first-order valence-corrected chi connectivity index (χ1v) is 9.39. The minimum atomic E-state index is -0.178. The van der Waals surface area contributed by atoms with Crippen LogP contribution in [0.2, 0.25) is 10.0 Å². The van der Waals surface area contributed by atoms with Crippen LogP contribution >= 0.6 is 34.5 Å². The summed E-state index contributed by atoms with van der Waals surface area (Å²) in [4.78, 5) is 20.6. The van der Waals surface area contributed by atoms with Gasteiger partial charge in [-0.25, -0.2) is 4.98 Å². The molecule has 0 saturated heterocycles. The summed E-state index contributed by atoms with van der Waals surface area (Å²) >= 11 is 13.3. The van der Waals surface area contributed by atoms with Crippen LogP contribution in [0.25, 0.3) is 21.3 Å². The Kier molecular flexibility index (Phi) is 4.68. The van der Waals surface area contributed by atoms with Crippen LogP contribution in [0.4, 0.5) is 0 Å². The SMILES string of the molecule is O=c1[nH]c(COc2ccc(Cl)c(Cl)c2)nc2scc(-c3ccccc3)c12. The van der Waals surface area contributed by atoms with Crippen molar-refractivity contribution >= 4 is 44.8 Å². The van der Waals surface area contributed by atoms with E-state index in [4.69, 9.17) is 27.9 Å². The van der Waals surface area contributed by atoms with Crippen molar-refractivity contribution in [2.45, 2.75) is 6.61 Å². The molecule has 0 aliphatic rings. The Balaban J connectivity index is 1.64. The molecule has 0 amide bonds. The third-order valence-corrected chi connectivity index (χ3v) is 5.46. The van der Waals surface area contributed by atoms with E-state index in [1.165, 1.54) is 11.3 Å². The Hall–Kier alpha value is -2.34. The molecule has 0 saturated carbocycles. The lowest BCUT2D eigenvalue weighted by atomic mass is 10.1. The zero-order valence-electron chi connectivity index (χ0n) is 13.3. The number of nitrogens with zero attached hydrogens (tertiary/aromatic N) is 1. The normalized spacial score (nSPS) is 11.0. The van der Waals surface area contributed by atoms with Crippen LogP contribution in [0.1, 0.15) is 5.82 Å². The number of aromatic amines is 1. The quantitative estimate of drug-likeness (QED) is 0.487. The highest BCUT2D eigenvalue weighted by Crippen LogP contribution is 2.30. The molecule has 0 radical (unpaired) electrons. The lowest BCUT2D eigenvalue weighted by Crippen LogP contribution is -2.13. The Morgan fingerprint density at radius 1 is 1.08 bits per heavy atom. The summed E-state index contributed by atoms with van der Waals surface area (Å²) in [6.45, 7) is 0.127. The summed E-state index contributed by atoms with van der Waals surface area (Å²) in [6, 6.07) is 14.8. The van der Waals surface area contributed by atoms with Gasteiger partial charge in [0.2, 0.25) is 0 Å². The largest absolute Gasteiger partial charge is 0.486 e. The van der Waals surface area contributed by atoms with E-state index in [9.17, 15) is 4.79 Å². The topological polar surface area (TPSA) is 55.0 Å². The van der Waals surface area contributed by atoms with Gasteiger partial charge in [0.05, 0.1) is 15.4 Å². The monoisotopic (exact) mass is 402 g/mol. The first-order valence-electron chi connectivity index (χ1n) is 7.75. The molecule has 130 valence electrons. The highest BCUT2D eigenvalue weighted by molar-refractivity contribution is 7.17. The number of nitrogens with one attached hydrogen (secondary N) is 1. The zero-order valence-corrected chi connectivity index (χ0v) is 15.7. The van der Waals surface area contributed by atoms with Crippen LogP contribution in [0.3, 0.4) is 0 Å². The molecule has 0 aliphatic heterocycles. The van der Waals surface area contributed by atoms with Crippen molar-refractivity contribution in [2.75, 3.05) is 0 Å². The molecule has 4 nitrogen and oxygen atoms in total. The third kappa shape index (κ3) is 3.33. The van der Waals surface area contributed by atoms with Gasteiger partial charge in [-0.05, 0) is 17.7 Å². The molecular weight excluding hydrogens is 391 g/mol. The van der Waals surface area contributed by atoms with E-state index in [2.05, 4.69) is 9.97 Å². The summed E-state index contributed by atoms with van der Waals surface area (Å²) in [5, 5.41) is 3.41. The maximum Gasteiger partial charge on any atom is 0.260 e. The van der Waals surface area contributed by atoms with Gasteiger partial charge in [-0.2, -0.15) is 0 Å². The van der Waals surface area contributed by atoms with Crippen molar-refractivity contribution in [1.29, 1.82) is 0 Å². The van der Waals surface area contributed by atoms with E-state index in [1.54, 1.807) is 18.2 Å². The average Bonchev–Trinajstić information content (AvgIpc) is 3.08. The van der Waals surface area contributed by atoms with Gasteiger partial charge >= 0.3 is 0 Å². The standard InChI is InChI=1S/C19H12Cl2N2O2S/c20-14-7-6-12(8-15(14)21)25-9-16-22-18(24)17-13(10-26-19(17)23-16)11-4-2-1-3-5-11/h1-8,10H,9H2,(H,22,23,24). The van der Waals surface area contributed by atoms with Crippen molar-refractivity contribution in [3.8, 4) is 16.9 Å². The summed E-state index contributed by atoms with van der Waals surface area (Å²) in [7, 11) is 0. The summed E-state index contributed by atoms with van der Waals surface area (Å²) in [5.41, 5.74) is 1.70. The van der Waals surface area contributed by atoms with Crippen LogP contribution in [0.15, 0.2) is 58.7 Å². The molecule has 7 heteroatoms. The van der Waals surface area contributed by atoms with Crippen LogP contribution in [0, 0.1) is 0 Å². The van der Waals surface area contributed by atoms with Gasteiger partial charge in [0.1, 0.15) is 23.0 Å². The molecule has 0 spiro atoms. The van der Waals surface area contributed by atoms with Gasteiger partial charge in [-0.15, -0.1) is 11.3 Å². The van der Waals surface area contributed by atoms with E-state index in [0.29, 0.717) is 31.8 Å². The molecule has 2 aromatic carbocycles. The molecular formula is C19H12Cl2N2O2S. The number of H-pyrrole nitrogens is 1. The van der Waals surface area contributed by atoms with Gasteiger partial charge in [0.15, 0.2) is 0 Å². The first kappa shape index (κ1) is 17.1. The molecule has 0 atom stereocenters. The van der Waals surface area contributed by atoms with Crippen molar-refractivity contribution in [2.24, 2.45) is 0 Å². The fourth-order valence-corrected chi connectivity index (χ4v) is 3.87. The number of thiophene rings is 1. The number of benzene rings is 2. The molecule has 0 fully saturated rings. The third-order valence-electron chi connectivity index (χ3n) is 3.84. The minimum Gasteiger partial charge on any atom is -0.486 e. The molecule has 0 aliphatic carbocycles. The predicted molar refractivity (Wildman–Crippen MR) is 106 cm³/mol. The van der Waals surface area contributed by atoms with Gasteiger partial charge in [0, 0.05) is 17.0 Å². The molecule has 26 heavy (non-hydrogen) atoms. The number of hydrogen-bond acceptors (Lipinski definition) is 4. The summed E-state index contributed by atoms with van der Waals surface area (Å²) in [5.74, 6) is 1.01.